The SMILES string of the molecule is CCCC[NH+]1C=CC=C1CCC.[Cl-]. The molecule has 0 aromatic carbocycles. The van der Waals surface area contributed by atoms with Gasteiger partial charge in [-0.15, -0.1) is 0 Å². The van der Waals surface area contributed by atoms with Gasteiger partial charge in [0.1, 0.15) is 5.70 Å². The van der Waals surface area contributed by atoms with Crippen molar-refractivity contribution in [3.8, 4) is 0 Å². The fourth-order valence-electron chi connectivity index (χ4n) is 1.62. The largest absolute Gasteiger partial charge is 1.00 e. The van der Waals surface area contributed by atoms with Crippen molar-refractivity contribution >= 4 is 0 Å². The minimum atomic E-state index is 0. The molecule has 2 heteroatoms. The minimum absolute atomic E-state index is 0. The molecule has 0 saturated carbocycles. The van der Waals surface area contributed by atoms with Crippen LogP contribution in [0.1, 0.15) is 39.5 Å². The second kappa shape index (κ2) is 7.16. The van der Waals surface area contributed by atoms with Gasteiger partial charge in [0.05, 0.1) is 12.7 Å². The number of rotatable bonds is 5. The number of quaternary nitrogens is 1. The smallest absolute Gasteiger partial charge is 0.112 e. The standard InChI is InChI=1S/C11H19N.ClH/c1-3-5-9-12-10-6-8-11(12)7-4-2;/h6,8,10H,3-5,7,9H2,1-2H3;1H. The van der Waals surface area contributed by atoms with Gasteiger partial charge in [0.2, 0.25) is 0 Å². The third kappa shape index (κ3) is 3.97. The highest BCUT2D eigenvalue weighted by Crippen LogP contribution is 2.01. The predicted molar refractivity (Wildman–Crippen MR) is 52.9 cm³/mol. The summed E-state index contributed by atoms with van der Waals surface area (Å²) >= 11 is 0. The predicted octanol–water partition coefficient (Wildman–Crippen LogP) is -1.11. The molecule has 0 fully saturated rings. The normalized spacial score (nSPS) is 19.8. The summed E-state index contributed by atoms with van der Waals surface area (Å²) in [4.78, 5) is 1.58. The Hall–Kier alpha value is -0.270. The molecule has 1 nitrogen and oxygen atoms in total. The lowest BCUT2D eigenvalue weighted by Gasteiger charge is -2.12. The Kier molecular flexibility index (Phi) is 7.02. The zero-order valence-electron chi connectivity index (χ0n) is 8.65. The van der Waals surface area contributed by atoms with E-state index in [9.17, 15) is 0 Å². The molecule has 0 amide bonds. The summed E-state index contributed by atoms with van der Waals surface area (Å²) < 4.78 is 0. The van der Waals surface area contributed by atoms with Gasteiger partial charge in [-0.05, 0) is 18.9 Å². The van der Waals surface area contributed by atoms with Crippen molar-refractivity contribution in [1.82, 2.24) is 0 Å². The molecule has 1 heterocycles. The maximum Gasteiger partial charge on any atom is 0.112 e. The topological polar surface area (TPSA) is 4.44 Å². The van der Waals surface area contributed by atoms with Crippen molar-refractivity contribution in [3.63, 3.8) is 0 Å². The van der Waals surface area contributed by atoms with E-state index >= 15 is 0 Å². The number of unbranched alkanes of at least 4 members (excludes halogenated alkanes) is 1. The number of allylic oxidation sites excluding steroid dienone is 3. The van der Waals surface area contributed by atoms with Crippen LogP contribution in [0.5, 0.6) is 0 Å². The van der Waals surface area contributed by atoms with Gasteiger partial charge in [0.15, 0.2) is 0 Å². The highest BCUT2D eigenvalue weighted by atomic mass is 35.5. The van der Waals surface area contributed by atoms with Gasteiger partial charge in [-0.25, -0.2) is 0 Å². The third-order valence-corrected chi connectivity index (χ3v) is 2.33. The Morgan fingerprint density at radius 1 is 1.23 bits per heavy atom. The van der Waals surface area contributed by atoms with E-state index in [2.05, 4.69) is 32.2 Å². The summed E-state index contributed by atoms with van der Waals surface area (Å²) in [7, 11) is 0. The molecular weight excluding hydrogens is 182 g/mol. The Labute approximate surface area is 87.9 Å². The summed E-state index contributed by atoms with van der Waals surface area (Å²) in [5, 5.41) is 0. The number of nitrogens with one attached hydrogen (secondary N) is 1. The van der Waals surface area contributed by atoms with Crippen LogP contribution in [0.15, 0.2) is 24.0 Å². The molecule has 1 aliphatic heterocycles. The molecule has 1 aliphatic rings. The van der Waals surface area contributed by atoms with E-state index < -0.39 is 0 Å². The molecule has 0 spiro atoms. The van der Waals surface area contributed by atoms with E-state index in [0.29, 0.717) is 0 Å². The first-order chi connectivity index (χ1) is 5.88. The minimum Gasteiger partial charge on any atom is -1.00 e. The molecule has 0 aromatic rings. The summed E-state index contributed by atoms with van der Waals surface area (Å²) in [5.41, 5.74) is 1.57. The van der Waals surface area contributed by atoms with Crippen LogP contribution in [-0.4, -0.2) is 6.54 Å². The Balaban J connectivity index is 0.00000144. The maximum absolute atomic E-state index is 2.28. The van der Waals surface area contributed by atoms with E-state index in [1.807, 2.05) is 0 Å². The zero-order chi connectivity index (χ0) is 8.81. The summed E-state index contributed by atoms with van der Waals surface area (Å²) in [5.74, 6) is 0. The van der Waals surface area contributed by atoms with E-state index in [1.165, 1.54) is 32.2 Å². The van der Waals surface area contributed by atoms with Crippen molar-refractivity contribution in [2.75, 3.05) is 6.54 Å². The average Bonchev–Trinajstić information content (AvgIpc) is 2.50. The van der Waals surface area contributed by atoms with E-state index in [-0.39, 0.29) is 12.4 Å². The van der Waals surface area contributed by atoms with Gasteiger partial charge in [-0.2, -0.15) is 0 Å². The molecule has 0 radical (unpaired) electrons. The van der Waals surface area contributed by atoms with Crippen molar-refractivity contribution in [3.05, 3.63) is 24.0 Å². The van der Waals surface area contributed by atoms with Crippen LogP contribution in [0.3, 0.4) is 0 Å². The van der Waals surface area contributed by atoms with Gasteiger partial charge < -0.3 is 12.4 Å². The van der Waals surface area contributed by atoms with Gasteiger partial charge in [0, 0.05) is 12.5 Å². The van der Waals surface area contributed by atoms with Crippen LogP contribution < -0.4 is 17.3 Å². The highest BCUT2D eigenvalue weighted by Gasteiger charge is 2.14. The molecule has 1 N–H and O–H groups in total. The molecule has 0 bridgehead atoms. The van der Waals surface area contributed by atoms with Crippen LogP contribution in [0.2, 0.25) is 0 Å². The van der Waals surface area contributed by atoms with Gasteiger partial charge in [-0.1, -0.05) is 20.3 Å². The van der Waals surface area contributed by atoms with Crippen LogP contribution in [0.4, 0.5) is 0 Å². The third-order valence-electron chi connectivity index (χ3n) is 2.33. The van der Waals surface area contributed by atoms with Crippen molar-refractivity contribution in [1.29, 1.82) is 0 Å². The molecule has 0 saturated heterocycles. The van der Waals surface area contributed by atoms with Crippen LogP contribution in [0.25, 0.3) is 0 Å². The molecule has 0 aromatic heterocycles. The molecule has 1 atom stereocenters. The maximum atomic E-state index is 2.28. The van der Waals surface area contributed by atoms with Crippen LogP contribution >= 0.6 is 0 Å². The molecule has 1 rings (SSSR count). The van der Waals surface area contributed by atoms with Gasteiger partial charge in [-0.3, -0.25) is 4.90 Å². The molecular formula is C11H20ClN. The molecule has 0 aliphatic carbocycles. The van der Waals surface area contributed by atoms with E-state index in [0.717, 1.165) is 0 Å². The van der Waals surface area contributed by atoms with Crippen molar-refractivity contribution < 1.29 is 17.3 Å². The first kappa shape index (κ1) is 12.7. The summed E-state index contributed by atoms with van der Waals surface area (Å²) in [6.45, 7) is 5.78. The van der Waals surface area contributed by atoms with Crippen LogP contribution in [-0.2, 0) is 0 Å². The fourth-order valence-corrected chi connectivity index (χ4v) is 1.62. The lowest BCUT2D eigenvalue weighted by atomic mass is 10.2. The zero-order valence-corrected chi connectivity index (χ0v) is 9.40. The fraction of sp³-hybridized carbons (Fsp3) is 0.636. The van der Waals surface area contributed by atoms with E-state index in [4.69, 9.17) is 0 Å². The number of hydrogen-bond donors (Lipinski definition) is 1. The first-order valence-corrected chi connectivity index (χ1v) is 5.12. The second-order valence-electron chi connectivity index (χ2n) is 3.43. The number of halogens is 1. The van der Waals surface area contributed by atoms with Crippen molar-refractivity contribution in [2.24, 2.45) is 0 Å². The van der Waals surface area contributed by atoms with Crippen molar-refractivity contribution in [2.45, 2.75) is 39.5 Å². The Morgan fingerprint density at radius 3 is 2.62 bits per heavy atom. The number of hydrogen-bond acceptors (Lipinski definition) is 0. The quantitative estimate of drug-likeness (QED) is 0.576. The molecule has 13 heavy (non-hydrogen) atoms. The molecule has 76 valence electrons. The highest BCUT2D eigenvalue weighted by molar-refractivity contribution is 5.10. The lowest BCUT2D eigenvalue weighted by Crippen LogP contribution is -3.04. The second-order valence-corrected chi connectivity index (χ2v) is 3.43. The Morgan fingerprint density at radius 2 is 2.00 bits per heavy atom. The summed E-state index contributed by atoms with van der Waals surface area (Å²) in [6.07, 6.45) is 11.9. The average molecular weight is 202 g/mol. The lowest BCUT2D eigenvalue weighted by molar-refractivity contribution is -0.804. The monoisotopic (exact) mass is 201 g/mol. The van der Waals surface area contributed by atoms with E-state index in [1.54, 1.807) is 10.6 Å². The first-order valence-electron chi connectivity index (χ1n) is 5.12. The summed E-state index contributed by atoms with van der Waals surface area (Å²) in [6, 6.07) is 0. The Bertz CT molecular complexity index is 185. The van der Waals surface area contributed by atoms with Gasteiger partial charge in [0.25, 0.3) is 0 Å². The van der Waals surface area contributed by atoms with Crippen LogP contribution in [0, 0.1) is 0 Å². The molecule has 1 unspecified atom stereocenters. The van der Waals surface area contributed by atoms with Gasteiger partial charge >= 0.3 is 0 Å².